The Bertz CT molecular complexity index is 1920. The summed E-state index contributed by atoms with van der Waals surface area (Å²) in [7, 11) is 0. The molecule has 2 aliphatic carbocycles. The molecule has 0 saturated heterocycles. The van der Waals surface area contributed by atoms with Crippen LogP contribution < -0.4 is 27.4 Å². The molecule has 2 aromatic carbocycles. The van der Waals surface area contributed by atoms with Crippen molar-refractivity contribution in [2.45, 2.75) is 65.2 Å². The Morgan fingerprint density at radius 2 is 1.08 bits per heavy atom. The average molecular weight is 694 g/mol. The minimum atomic E-state index is -0.264. The highest BCUT2D eigenvalue weighted by molar-refractivity contribution is 6.08. The third-order valence-corrected chi connectivity index (χ3v) is 10.5. The maximum Gasteiger partial charge on any atom is 0.267 e. The molecule has 2 aliphatic rings. The van der Waals surface area contributed by atoms with Gasteiger partial charge in [-0.1, -0.05) is 0 Å². The van der Waals surface area contributed by atoms with Crippen molar-refractivity contribution >= 4 is 56.9 Å². The number of hydrogen-bond acceptors (Lipinski definition) is 5. The number of benzene rings is 2. The normalized spacial score (nSPS) is 21.5. The average Bonchev–Trinajstić information content (AvgIpc) is 3.76. The van der Waals surface area contributed by atoms with Crippen molar-refractivity contribution in [3.8, 4) is 0 Å². The number of hydrogen-bond donors (Lipinski definition) is 7. The van der Waals surface area contributed by atoms with Gasteiger partial charge < -0.3 is 37.4 Å². The van der Waals surface area contributed by atoms with E-state index in [-0.39, 0.29) is 17.7 Å². The van der Waals surface area contributed by atoms with Crippen LogP contribution in [0.25, 0.3) is 21.8 Å². The first-order valence-corrected chi connectivity index (χ1v) is 18.3. The highest BCUT2D eigenvalue weighted by Crippen LogP contribution is 2.30. The second-order valence-corrected chi connectivity index (χ2v) is 14.6. The predicted molar refractivity (Wildman–Crippen MR) is 204 cm³/mol. The molecule has 12 nitrogen and oxygen atoms in total. The molecule has 0 bridgehead atoms. The maximum atomic E-state index is 13.2. The number of H-pyrrole nitrogens is 2. The van der Waals surface area contributed by atoms with E-state index in [2.05, 4.69) is 35.9 Å². The van der Waals surface area contributed by atoms with E-state index in [4.69, 9.17) is 11.5 Å². The minimum Gasteiger partial charge on any atom is -0.388 e. The third-order valence-electron chi connectivity index (χ3n) is 10.5. The lowest BCUT2D eigenvalue weighted by Gasteiger charge is -2.27. The molecule has 0 unspecified atom stereocenters. The summed E-state index contributed by atoms with van der Waals surface area (Å²) in [4.78, 5) is 54.3. The fraction of sp³-hybridized carbons (Fsp3) is 0.462. The number of aromatic nitrogens is 2. The van der Waals surface area contributed by atoms with Gasteiger partial charge in [0.25, 0.3) is 17.7 Å². The van der Waals surface area contributed by atoms with Gasteiger partial charge in [-0.2, -0.15) is 0 Å². The lowest BCUT2D eigenvalue weighted by molar-refractivity contribution is 0.0929. The van der Waals surface area contributed by atoms with Crippen LogP contribution in [0, 0.1) is 23.7 Å². The number of carbonyl (C=O) groups excluding carboxylic acids is 3. The first-order chi connectivity index (χ1) is 24.6. The molecule has 6 rings (SSSR count). The summed E-state index contributed by atoms with van der Waals surface area (Å²) in [6.45, 7) is 6.50. The predicted octanol–water partition coefficient (Wildman–Crippen LogP) is 5.73. The molecule has 0 atom stereocenters. The van der Waals surface area contributed by atoms with Crippen LogP contribution in [0.3, 0.4) is 0 Å². The molecule has 3 amide bonds. The number of rotatable bonds is 12. The lowest BCUT2D eigenvalue weighted by atomic mass is 9.82. The van der Waals surface area contributed by atoms with Crippen molar-refractivity contribution in [2.75, 3.05) is 31.5 Å². The second kappa shape index (κ2) is 16.3. The Balaban J connectivity index is 0.987. The fourth-order valence-electron chi connectivity index (χ4n) is 7.38. The smallest absolute Gasteiger partial charge is 0.267 e. The Morgan fingerprint density at radius 1 is 0.627 bits per heavy atom. The van der Waals surface area contributed by atoms with E-state index in [1.54, 1.807) is 18.2 Å². The van der Waals surface area contributed by atoms with Crippen LogP contribution in [-0.4, -0.2) is 65.5 Å². The first-order valence-electron chi connectivity index (χ1n) is 18.3. The highest BCUT2D eigenvalue weighted by atomic mass is 16.2. The van der Waals surface area contributed by atoms with E-state index >= 15 is 0 Å². The standard InChI is InChI=1S/C39H51N9O3/c1-23(40)42-19-25-3-7-27(8-4-25)21-44-38(50)35-17-30-15-29(11-13-33(30)47-35)37(49)46-32-12-14-34-31(16-32)18-36(48-34)39(51)45-22-28-9-5-26(6-10-28)20-43-24(2)41/h11-18,25-28,47-48H,3-10,19-22H2,1-2H3,(H2,40,42)(H2,41,43)(H,44,50)(H,45,51)(H,46,49). The van der Waals surface area contributed by atoms with E-state index in [1.165, 1.54) is 0 Å². The number of aliphatic imine (C=N–C) groups is 2. The lowest BCUT2D eigenvalue weighted by Crippen LogP contribution is -2.31. The molecule has 0 radical (unpaired) electrons. The van der Waals surface area contributed by atoms with Crippen LogP contribution in [0.1, 0.15) is 96.5 Å². The zero-order valence-electron chi connectivity index (χ0n) is 29.7. The number of aromatic amines is 2. The molecule has 270 valence electrons. The van der Waals surface area contributed by atoms with Gasteiger partial charge in [0.15, 0.2) is 0 Å². The van der Waals surface area contributed by atoms with Crippen LogP contribution in [0.5, 0.6) is 0 Å². The zero-order valence-corrected chi connectivity index (χ0v) is 29.7. The van der Waals surface area contributed by atoms with E-state index < -0.39 is 0 Å². The summed E-state index contributed by atoms with van der Waals surface area (Å²) in [5.41, 5.74) is 15.0. The Kier molecular flexibility index (Phi) is 11.4. The fourth-order valence-corrected chi connectivity index (χ4v) is 7.38. The largest absolute Gasteiger partial charge is 0.388 e. The van der Waals surface area contributed by atoms with E-state index in [9.17, 15) is 14.4 Å². The van der Waals surface area contributed by atoms with Gasteiger partial charge in [0.2, 0.25) is 0 Å². The summed E-state index contributed by atoms with van der Waals surface area (Å²) >= 11 is 0. The quantitative estimate of drug-likeness (QED) is 0.0734. The van der Waals surface area contributed by atoms with Crippen molar-refractivity contribution in [1.82, 2.24) is 20.6 Å². The van der Waals surface area contributed by atoms with Crippen LogP contribution in [0.2, 0.25) is 0 Å². The van der Waals surface area contributed by atoms with Crippen LogP contribution in [0.4, 0.5) is 5.69 Å². The summed E-state index contributed by atoms with van der Waals surface area (Å²) in [6.07, 6.45) is 8.67. The van der Waals surface area contributed by atoms with Gasteiger partial charge in [0.05, 0.1) is 11.7 Å². The van der Waals surface area contributed by atoms with Crippen molar-refractivity contribution < 1.29 is 14.4 Å². The Hall–Kier alpha value is -5.13. The van der Waals surface area contributed by atoms with Gasteiger partial charge in [-0.05, 0) is 137 Å². The molecule has 9 N–H and O–H groups in total. The van der Waals surface area contributed by atoms with Gasteiger partial charge in [-0.3, -0.25) is 24.4 Å². The highest BCUT2D eigenvalue weighted by Gasteiger charge is 2.23. The Labute approximate surface area is 298 Å². The number of amides is 3. The molecular formula is C39H51N9O3. The van der Waals surface area contributed by atoms with Crippen molar-refractivity contribution in [1.29, 1.82) is 0 Å². The molecule has 2 saturated carbocycles. The van der Waals surface area contributed by atoms with E-state index in [0.29, 0.717) is 71.1 Å². The van der Waals surface area contributed by atoms with Crippen LogP contribution in [-0.2, 0) is 0 Å². The molecule has 0 spiro atoms. The number of amidine groups is 2. The van der Waals surface area contributed by atoms with Gasteiger partial charge in [-0.25, -0.2) is 0 Å². The molecule has 4 aromatic rings. The van der Waals surface area contributed by atoms with Gasteiger partial charge in [0, 0.05) is 59.2 Å². The zero-order chi connectivity index (χ0) is 35.9. The maximum absolute atomic E-state index is 13.2. The molecule has 2 fully saturated rings. The molecule has 0 aliphatic heterocycles. The molecule has 12 heteroatoms. The molecule has 2 heterocycles. The van der Waals surface area contributed by atoms with Gasteiger partial charge >= 0.3 is 0 Å². The number of nitrogens with zero attached hydrogens (tertiary/aromatic N) is 2. The minimum absolute atomic E-state index is 0.137. The van der Waals surface area contributed by atoms with E-state index in [0.717, 1.165) is 86.3 Å². The van der Waals surface area contributed by atoms with Crippen molar-refractivity contribution in [2.24, 2.45) is 45.1 Å². The monoisotopic (exact) mass is 693 g/mol. The number of fused-ring (bicyclic) bond motifs is 2. The first kappa shape index (κ1) is 35.7. The van der Waals surface area contributed by atoms with Crippen molar-refractivity contribution in [3.05, 3.63) is 65.5 Å². The second-order valence-electron chi connectivity index (χ2n) is 14.6. The summed E-state index contributed by atoms with van der Waals surface area (Å²) in [5, 5.41) is 10.8. The molecule has 2 aromatic heterocycles. The Morgan fingerprint density at radius 3 is 1.57 bits per heavy atom. The summed E-state index contributed by atoms with van der Waals surface area (Å²) in [5.74, 6) is 2.76. The van der Waals surface area contributed by atoms with Crippen LogP contribution in [0.15, 0.2) is 58.5 Å². The third kappa shape index (κ3) is 9.56. The van der Waals surface area contributed by atoms with Crippen LogP contribution >= 0.6 is 0 Å². The molecular weight excluding hydrogens is 642 g/mol. The van der Waals surface area contributed by atoms with Crippen molar-refractivity contribution in [3.63, 3.8) is 0 Å². The number of carbonyl (C=O) groups is 3. The summed E-state index contributed by atoms with van der Waals surface area (Å²) < 4.78 is 0. The number of nitrogens with one attached hydrogen (secondary N) is 5. The van der Waals surface area contributed by atoms with Gasteiger partial charge in [-0.15, -0.1) is 0 Å². The topological polar surface area (TPSA) is 196 Å². The molecule has 51 heavy (non-hydrogen) atoms. The SMILES string of the molecule is CC(N)=NCC1CCC(CNC(=O)c2cc3cc(NC(=O)c4ccc5[nH]c(C(=O)NCC6CCC(CN=C(C)N)CC6)cc5c4)ccc3[nH]2)CC1. The number of anilines is 1. The van der Waals surface area contributed by atoms with Gasteiger partial charge in [0.1, 0.15) is 11.4 Å². The summed E-state index contributed by atoms with van der Waals surface area (Å²) in [6, 6.07) is 14.5. The number of nitrogens with two attached hydrogens (primary N) is 2. The van der Waals surface area contributed by atoms with E-state index in [1.807, 2.05) is 44.2 Å².